The van der Waals surface area contributed by atoms with Crippen molar-refractivity contribution in [1.29, 1.82) is 0 Å². The van der Waals surface area contributed by atoms with Crippen LogP contribution in [0.25, 0.3) is 10.9 Å². The number of aromatic amines is 1. The van der Waals surface area contributed by atoms with Crippen molar-refractivity contribution >= 4 is 44.1 Å². The standard InChI is InChI=1S/C15H12BrClN2/c16-11-1-4-13(5-2-11)18-8-10-9-19-15-7-12(17)3-6-14(10)15/h1-7,9,18-19H,8H2. The van der Waals surface area contributed by atoms with Crippen LogP contribution in [0.3, 0.4) is 0 Å². The van der Waals surface area contributed by atoms with Crippen molar-refractivity contribution in [2.45, 2.75) is 6.54 Å². The number of nitrogens with one attached hydrogen (secondary N) is 2. The van der Waals surface area contributed by atoms with E-state index >= 15 is 0 Å². The largest absolute Gasteiger partial charge is 0.381 e. The molecule has 0 spiro atoms. The molecule has 0 aliphatic rings. The summed E-state index contributed by atoms with van der Waals surface area (Å²) >= 11 is 9.40. The van der Waals surface area contributed by atoms with Gasteiger partial charge < -0.3 is 10.3 Å². The fourth-order valence-electron chi connectivity index (χ4n) is 2.07. The number of rotatable bonds is 3. The third-order valence-electron chi connectivity index (χ3n) is 3.06. The summed E-state index contributed by atoms with van der Waals surface area (Å²) < 4.78 is 1.08. The predicted molar refractivity (Wildman–Crippen MR) is 84.8 cm³/mol. The summed E-state index contributed by atoms with van der Waals surface area (Å²) in [6.45, 7) is 0.781. The van der Waals surface area contributed by atoms with Gasteiger partial charge in [0, 0.05) is 38.8 Å². The molecule has 96 valence electrons. The molecule has 1 heterocycles. The molecule has 0 saturated carbocycles. The minimum atomic E-state index is 0.752. The van der Waals surface area contributed by atoms with Gasteiger partial charge in [-0.3, -0.25) is 0 Å². The number of aromatic nitrogens is 1. The summed E-state index contributed by atoms with van der Waals surface area (Å²) in [5.74, 6) is 0. The molecule has 3 rings (SSSR count). The quantitative estimate of drug-likeness (QED) is 0.677. The van der Waals surface area contributed by atoms with Crippen molar-refractivity contribution < 1.29 is 0 Å². The van der Waals surface area contributed by atoms with Crippen molar-refractivity contribution in [3.63, 3.8) is 0 Å². The third kappa shape index (κ3) is 2.77. The van der Waals surface area contributed by atoms with E-state index in [-0.39, 0.29) is 0 Å². The van der Waals surface area contributed by atoms with E-state index in [1.54, 1.807) is 0 Å². The Bertz CT molecular complexity index is 704. The molecule has 0 unspecified atom stereocenters. The number of hydrogen-bond donors (Lipinski definition) is 2. The third-order valence-corrected chi connectivity index (χ3v) is 3.82. The van der Waals surface area contributed by atoms with Crippen molar-refractivity contribution in [3.05, 3.63) is 63.7 Å². The van der Waals surface area contributed by atoms with Gasteiger partial charge in [0.15, 0.2) is 0 Å². The summed E-state index contributed by atoms with van der Waals surface area (Å²) in [5.41, 5.74) is 3.40. The highest BCUT2D eigenvalue weighted by molar-refractivity contribution is 9.10. The summed E-state index contributed by atoms with van der Waals surface area (Å²) in [7, 11) is 0. The van der Waals surface area contributed by atoms with E-state index in [2.05, 4.69) is 38.4 Å². The number of hydrogen-bond acceptors (Lipinski definition) is 1. The molecule has 2 nitrogen and oxygen atoms in total. The van der Waals surface area contributed by atoms with Crippen LogP contribution in [-0.2, 0) is 6.54 Å². The van der Waals surface area contributed by atoms with Crippen molar-refractivity contribution in [2.24, 2.45) is 0 Å². The Balaban J connectivity index is 1.80. The molecule has 0 amide bonds. The van der Waals surface area contributed by atoms with Gasteiger partial charge in [-0.05, 0) is 42.0 Å². The summed E-state index contributed by atoms with van der Waals surface area (Å²) in [4.78, 5) is 3.24. The van der Waals surface area contributed by atoms with Crippen LogP contribution in [0, 0.1) is 0 Å². The Morgan fingerprint density at radius 3 is 2.68 bits per heavy atom. The first-order valence-electron chi connectivity index (χ1n) is 5.97. The van der Waals surface area contributed by atoms with Crippen molar-refractivity contribution in [2.75, 3.05) is 5.32 Å². The molecule has 0 atom stereocenters. The molecule has 0 radical (unpaired) electrons. The van der Waals surface area contributed by atoms with Gasteiger partial charge >= 0.3 is 0 Å². The number of benzene rings is 2. The average Bonchev–Trinajstić information content (AvgIpc) is 2.80. The zero-order valence-corrected chi connectivity index (χ0v) is 12.4. The predicted octanol–water partition coefficient (Wildman–Crippen LogP) is 5.20. The van der Waals surface area contributed by atoms with Crippen molar-refractivity contribution in [1.82, 2.24) is 4.98 Å². The van der Waals surface area contributed by atoms with E-state index < -0.39 is 0 Å². The second-order valence-electron chi connectivity index (χ2n) is 4.36. The van der Waals surface area contributed by atoms with E-state index in [0.717, 1.165) is 27.2 Å². The van der Waals surface area contributed by atoms with Crippen LogP contribution in [0.5, 0.6) is 0 Å². The van der Waals surface area contributed by atoms with Gasteiger partial charge in [0.05, 0.1) is 0 Å². The topological polar surface area (TPSA) is 27.8 Å². The Hall–Kier alpha value is -1.45. The summed E-state index contributed by atoms with van der Waals surface area (Å²) in [6.07, 6.45) is 2.02. The number of H-pyrrole nitrogens is 1. The smallest absolute Gasteiger partial charge is 0.0472 e. The van der Waals surface area contributed by atoms with Gasteiger partial charge in [0.1, 0.15) is 0 Å². The molecule has 19 heavy (non-hydrogen) atoms. The van der Waals surface area contributed by atoms with Gasteiger partial charge in [-0.1, -0.05) is 33.6 Å². The first-order chi connectivity index (χ1) is 9.22. The van der Waals surface area contributed by atoms with Crippen LogP contribution < -0.4 is 5.32 Å². The molecule has 3 aromatic rings. The van der Waals surface area contributed by atoms with Crippen molar-refractivity contribution in [3.8, 4) is 0 Å². The minimum absolute atomic E-state index is 0.752. The van der Waals surface area contributed by atoms with Crippen LogP contribution in [0.4, 0.5) is 5.69 Å². The normalized spacial score (nSPS) is 10.8. The molecule has 0 bridgehead atoms. The zero-order chi connectivity index (χ0) is 13.2. The Morgan fingerprint density at radius 1 is 1.11 bits per heavy atom. The molecular formula is C15H12BrClN2. The average molecular weight is 336 g/mol. The lowest BCUT2D eigenvalue weighted by molar-refractivity contribution is 1.16. The molecule has 4 heteroatoms. The first kappa shape index (κ1) is 12.6. The van der Waals surface area contributed by atoms with Crippen LogP contribution >= 0.6 is 27.5 Å². The second-order valence-corrected chi connectivity index (χ2v) is 5.72. The fourth-order valence-corrected chi connectivity index (χ4v) is 2.51. The van der Waals surface area contributed by atoms with Crippen LogP contribution in [0.1, 0.15) is 5.56 Å². The first-order valence-corrected chi connectivity index (χ1v) is 7.14. The maximum absolute atomic E-state index is 5.98. The van der Waals surface area contributed by atoms with Gasteiger partial charge in [-0.25, -0.2) is 0 Å². The zero-order valence-electron chi connectivity index (χ0n) is 10.1. The highest BCUT2D eigenvalue weighted by atomic mass is 79.9. The molecule has 0 fully saturated rings. The molecule has 0 saturated heterocycles. The Morgan fingerprint density at radius 2 is 1.89 bits per heavy atom. The lowest BCUT2D eigenvalue weighted by atomic mass is 10.2. The van der Waals surface area contributed by atoms with Gasteiger partial charge in [0.2, 0.25) is 0 Å². The summed E-state index contributed by atoms with van der Waals surface area (Å²) in [5, 5.41) is 5.36. The minimum Gasteiger partial charge on any atom is -0.381 e. The highest BCUT2D eigenvalue weighted by Gasteiger charge is 2.03. The molecule has 0 aliphatic heterocycles. The SMILES string of the molecule is Clc1ccc2c(CNc3ccc(Br)cc3)c[nH]c2c1. The molecule has 0 aliphatic carbocycles. The fraction of sp³-hybridized carbons (Fsp3) is 0.0667. The van der Waals surface area contributed by atoms with E-state index in [4.69, 9.17) is 11.6 Å². The summed E-state index contributed by atoms with van der Waals surface area (Å²) in [6, 6.07) is 14.1. The lowest BCUT2D eigenvalue weighted by Crippen LogP contribution is -1.98. The van der Waals surface area contributed by atoms with E-state index in [9.17, 15) is 0 Å². The van der Waals surface area contributed by atoms with E-state index in [1.165, 1.54) is 10.9 Å². The molecule has 1 aromatic heterocycles. The molecule has 2 aromatic carbocycles. The van der Waals surface area contributed by atoms with E-state index in [0.29, 0.717) is 0 Å². The number of fused-ring (bicyclic) bond motifs is 1. The lowest BCUT2D eigenvalue weighted by Gasteiger charge is -2.05. The number of halogens is 2. The highest BCUT2D eigenvalue weighted by Crippen LogP contribution is 2.23. The van der Waals surface area contributed by atoms with Gasteiger partial charge in [-0.15, -0.1) is 0 Å². The molecular weight excluding hydrogens is 324 g/mol. The maximum atomic E-state index is 5.98. The Labute approximate surface area is 124 Å². The monoisotopic (exact) mass is 334 g/mol. The second kappa shape index (κ2) is 5.27. The molecule has 2 N–H and O–H groups in total. The maximum Gasteiger partial charge on any atom is 0.0472 e. The van der Waals surface area contributed by atoms with E-state index in [1.807, 2.05) is 36.5 Å². The van der Waals surface area contributed by atoms with Crippen LogP contribution in [0.2, 0.25) is 5.02 Å². The van der Waals surface area contributed by atoms with Gasteiger partial charge in [-0.2, -0.15) is 0 Å². The number of anilines is 1. The Kier molecular flexibility index (Phi) is 3.49. The van der Waals surface area contributed by atoms with Crippen LogP contribution in [-0.4, -0.2) is 4.98 Å². The van der Waals surface area contributed by atoms with Gasteiger partial charge in [0.25, 0.3) is 0 Å². The van der Waals surface area contributed by atoms with Crippen LogP contribution in [0.15, 0.2) is 53.1 Å².